The van der Waals surface area contributed by atoms with E-state index in [0.717, 1.165) is 49.8 Å². The highest BCUT2D eigenvalue weighted by Crippen LogP contribution is 2.48. The van der Waals surface area contributed by atoms with E-state index in [1.165, 1.54) is 0 Å². The average Bonchev–Trinajstić information content (AvgIpc) is 2.91. The molecule has 2 bridgehead atoms. The standard InChI is InChI=1S/C23H27N3O2/c1-16-6-3-8-18(14-16)20(27)25-22-10-5-11-23(15-22,13-12-22)26-21(28)19-9-4-7-17(2)24-19/h3-4,6-9,14H,5,10-13,15H2,1-2H3,(H,25,27)(H,26,28)/t22-,23-/m0/s1. The number of carbonyl (C=O) groups excluding carboxylic acids is 2. The molecule has 2 saturated carbocycles. The van der Waals surface area contributed by atoms with E-state index in [2.05, 4.69) is 15.6 Å². The average molecular weight is 377 g/mol. The van der Waals surface area contributed by atoms with Crippen LogP contribution in [0, 0.1) is 13.8 Å². The number of hydrogen-bond donors (Lipinski definition) is 2. The highest BCUT2D eigenvalue weighted by Gasteiger charge is 2.52. The summed E-state index contributed by atoms with van der Waals surface area (Å²) in [5.74, 6) is -0.139. The Kier molecular flexibility index (Phi) is 4.69. The Hall–Kier alpha value is -2.69. The van der Waals surface area contributed by atoms with Gasteiger partial charge in [0.15, 0.2) is 0 Å². The van der Waals surface area contributed by atoms with Crippen LogP contribution in [0.1, 0.15) is 70.6 Å². The molecule has 0 radical (unpaired) electrons. The molecule has 0 spiro atoms. The second kappa shape index (κ2) is 7.04. The second-order valence-corrected chi connectivity index (χ2v) is 8.53. The minimum Gasteiger partial charge on any atom is -0.347 e. The Morgan fingerprint density at radius 3 is 2.25 bits per heavy atom. The van der Waals surface area contributed by atoms with Crippen molar-refractivity contribution in [2.45, 2.75) is 63.5 Å². The molecule has 2 aromatic rings. The van der Waals surface area contributed by atoms with Gasteiger partial charge in [-0.15, -0.1) is 0 Å². The topological polar surface area (TPSA) is 71.1 Å². The Labute approximate surface area is 165 Å². The summed E-state index contributed by atoms with van der Waals surface area (Å²) in [7, 11) is 0. The number of amides is 2. The molecular weight excluding hydrogens is 350 g/mol. The summed E-state index contributed by atoms with van der Waals surface area (Å²) in [6.45, 7) is 3.88. The van der Waals surface area contributed by atoms with Crippen molar-refractivity contribution in [3.63, 3.8) is 0 Å². The van der Waals surface area contributed by atoms with E-state index in [9.17, 15) is 9.59 Å². The fraction of sp³-hybridized carbons (Fsp3) is 0.435. The maximum absolute atomic E-state index is 12.8. The minimum absolute atomic E-state index is 0.0203. The van der Waals surface area contributed by atoms with Gasteiger partial charge in [-0.05, 0) is 76.6 Å². The van der Waals surface area contributed by atoms with Gasteiger partial charge in [0.2, 0.25) is 0 Å². The van der Waals surface area contributed by atoms with Gasteiger partial charge < -0.3 is 10.6 Å². The van der Waals surface area contributed by atoms with Gasteiger partial charge in [0.25, 0.3) is 11.8 Å². The third-order valence-electron chi connectivity index (χ3n) is 6.23. The molecule has 4 rings (SSSR count). The first kappa shape index (κ1) is 18.7. The van der Waals surface area contributed by atoms with Crippen LogP contribution in [0.25, 0.3) is 0 Å². The molecule has 2 amide bonds. The van der Waals surface area contributed by atoms with Gasteiger partial charge in [-0.3, -0.25) is 9.59 Å². The van der Waals surface area contributed by atoms with Gasteiger partial charge in [-0.2, -0.15) is 0 Å². The number of pyridine rings is 1. The monoisotopic (exact) mass is 377 g/mol. The molecule has 0 unspecified atom stereocenters. The number of benzene rings is 1. The van der Waals surface area contributed by atoms with Gasteiger partial charge in [0.05, 0.1) is 0 Å². The number of hydrogen-bond acceptors (Lipinski definition) is 3. The predicted molar refractivity (Wildman–Crippen MR) is 108 cm³/mol. The van der Waals surface area contributed by atoms with Crippen molar-refractivity contribution in [3.8, 4) is 0 Å². The van der Waals surface area contributed by atoms with Crippen molar-refractivity contribution in [3.05, 3.63) is 65.0 Å². The summed E-state index contributed by atoms with van der Waals surface area (Å²) in [5, 5.41) is 6.57. The highest BCUT2D eigenvalue weighted by molar-refractivity contribution is 5.95. The zero-order chi connectivity index (χ0) is 19.8. The first-order valence-corrected chi connectivity index (χ1v) is 10.0. The largest absolute Gasteiger partial charge is 0.347 e. The molecule has 2 atom stereocenters. The number of aromatic nitrogens is 1. The van der Waals surface area contributed by atoms with E-state index in [-0.39, 0.29) is 22.9 Å². The van der Waals surface area contributed by atoms with Gasteiger partial charge >= 0.3 is 0 Å². The number of carbonyl (C=O) groups is 2. The molecule has 1 aromatic heterocycles. The quantitative estimate of drug-likeness (QED) is 0.853. The number of nitrogens with zero attached hydrogens (tertiary/aromatic N) is 1. The molecule has 2 aliphatic carbocycles. The molecule has 146 valence electrons. The van der Waals surface area contributed by atoms with E-state index in [4.69, 9.17) is 0 Å². The second-order valence-electron chi connectivity index (χ2n) is 8.53. The summed E-state index contributed by atoms with van der Waals surface area (Å²) >= 11 is 0. The molecule has 5 heteroatoms. The number of fused-ring (bicyclic) bond motifs is 2. The van der Waals surface area contributed by atoms with E-state index >= 15 is 0 Å². The van der Waals surface area contributed by atoms with Gasteiger partial charge in [-0.1, -0.05) is 23.8 Å². The highest BCUT2D eigenvalue weighted by atomic mass is 16.2. The lowest BCUT2D eigenvalue weighted by Crippen LogP contribution is -2.55. The fourth-order valence-electron chi connectivity index (χ4n) is 4.91. The summed E-state index contributed by atoms with van der Waals surface area (Å²) in [5.41, 5.74) is 2.59. The summed E-state index contributed by atoms with van der Waals surface area (Å²) in [6.07, 6.45) is 5.48. The van der Waals surface area contributed by atoms with Crippen LogP contribution in [0.2, 0.25) is 0 Å². The summed E-state index contributed by atoms with van der Waals surface area (Å²) in [4.78, 5) is 29.9. The van der Waals surface area contributed by atoms with E-state index < -0.39 is 0 Å². The molecule has 1 aromatic carbocycles. The first-order chi connectivity index (χ1) is 13.4. The lowest BCUT2D eigenvalue weighted by molar-refractivity contribution is 0.0829. The molecular formula is C23H27N3O2. The Morgan fingerprint density at radius 1 is 0.893 bits per heavy atom. The Morgan fingerprint density at radius 2 is 1.57 bits per heavy atom. The summed E-state index contributed by atoms with van der Waals surface area (Å²) < 4.78 is 0. The van der Waals surface area contributed by atoms with Crippen LogP contribution >= 0.6 is 0 Å². The van der Waals surface area contributed by atoms with Crippen LogP contribution in [0.3, 0.4) is 0 Å². The third kappa shape index (κ3) is 3.66. The van der Waals surface area contributed by atoms with E-state index in [1.807, 2.05) is 50.2 Å². The smallest absolute Gasteiger partial charge is 0.270 e. The maximum Gasteiger partial charge on any atom is 0.270 e. The van der Waals surface area contributed by atoms with Crippen molar-refractivity contribution >= 4 is 11.8 Å². The normalized spacial score (nSPS) is 25.9. The van der Waals surface area contributed by atoms with Crippen molar-refractivity contribution < 1.29 is 9.59 Å². The Bertz CT molecular complexity index is 852. The van der Waals surface area contributed by atoms with Crippen LogP contribution in [0.15, 0.2) is 42.5 Å². The van der Waals surface area contributed by atoms with Gasteiger partial charge in [0, 0.05) is 22.3 Å². The zero-order valence-electron chi connectivity index (χ0n) is 16.5. The molecule has 2 N–H and O–H groups in total. The number of rotatable bonds is 4. The van der Waals surface area contributed by atoms with E-state index in [1.54, 1.807) is 6.07 Å². The van der Waals surface area contributed by atoms with E-state index in [0.29, 0.717) is 11.3 Å². The number of aryl methyl sites for hydroxylation is 2. The molecule has 28 heavy (non-hydrogen) atoms. The van der Waals surface area contributed by atoms with Crippen LogP contribution in [-0.2, 0) is 0 Å². The third-order valence-corrected chi connectivity index (χ3v) is 6.23. The number of nitrogens with one attached hydrogen (secondary N) is 2. The van der Waals surface area contributed by atoms with Crippen LogP contribution in [0.4, 0.5) is 0 Å². The van der Waals surface area contributed by atoms with Crippen molar-refractivity contribution in [2.75, 3.05) is 0 Å². The van der Waals surface area contributed by atoms with Crippen molar-refractivity contribution in [1.82, 2.24) is 15.6 Å². The van der Waals surface area contributed by atoms with Crippen molar-refractivity contribution in [2.24, 2.45) is 0 Å². The molecule has 2 aliphatic rings. The zero-order valence-corrected chi connectivity index (χ0v) is 16.5. The maximum atomic E-state index is 12.8. The lowest BCUT2D eigenvalue weighted by atomic mass is 9.78. The van der Waals surface area contributed by atoms with Crippen molar-refractivity contribution in [1.29, 1.82) is 0 Å². The van der Waals surface area contributed by atoms with Crippen LogP contribution < -0.4 is 10.6 Å². The SMILES string of the molecule is Cc1cccc(C(=O)N[C@@]23CCC[C@](NC(=O)c4cccc(C)n4)(CC2)C3)c1. The fourth-order valence-corrected chi connectivity index (χ4v) is 4.91. The molecule has 0 aliphatic heterocycles. The minimum atomic E-state index is -0.249. The van der Waals surface area contributed by atoms with Gasteiger partial charge in [-0.25, -0.2) is 4.98 Å². The molecule has 0 saturated heterocycles. The van der Waals surface area contributed by atoms with Gasteiger partial charge in [0.1, 0.15) is 5.69 Å². The van der Waals surface area contributed by atoms with Crippen LogP contribution in [-0.4, -0.2) is 27.9 Å². The predicted octanol–water partition coefficient (Wildman–Crippen LogP) is 3.70. The van der Waals surface area contributed by atoms with Crippen LogP contribution in [0.5, 0.6) is 0 Å². The Balaban J connectivity index is 1.48. The first-order valence-electron chi connectivity index (χ1n) is 10.0. The molecule has 1 heterocycles. The summed E-state index contributed by atoms with van der Waals surface area (Å²) in [6, 6.07) is 13.2. The molecule has 5 nitrogen and oxygen atoms in total. The lowest BCUT2D eigenvalue weighted by Gasteiger charge is -2.40. The molecule has 2 fully saturated rings.